The average Bonchev–Trinajstić information content (AvgIpc) is 2.15. The number of likely N-dealkylation sites (tertiary alicyclic amines) is 1. The Balaban J connectivity index is 1.49. The molecular weight excluding hydrogens is 184 g/mol. The Morgan fingerprint density at radius 1 is 1.13 bits per heavy atom. The van der Waals surface area contributed by atoms with Crippen LogP contribution < -0.4 is 5.32 Å². The lowest BCUT2D eigenvalue weighted by molar-refractivity contribution is 0.204. The molecule has 2 heteroatoms. The van der Waals surface area contributed by atoms with E-state index in [-0.39, 0.29) is 0 Å². The number of nitrogens with zero attached hydrogens (tertiary/aromatic N) is 1. The third-order valence-corrected chi connectivity index (χ3v) is 4.11. The van der Waals surface area contributed by atoms with E-state index in [1.54, 1.807) is 0 Å². The first-order valence-corrected chi connectivity index (χ1v) is 6.74. The van der Waals surface area contributed by atoms with Gasteiger partial charge in [-0.15, -0.1) is 0 Å². The lowest BCUT2D eigenvalue weighted by Crippen LogP contribution is -2.37. The van der Waals surface area contributed by atoms with E-state index in [0.29, 0.717) is 0 Å². The van der Waals surface area contributed by atoms with E-state index >= 15 is 0 Å². The minimum atomic E-state index is 0.908. The number of rotatable bonds is 5. The van der Waals surface area contributed by atoms with Crippen LogP contribution in [0.5, 0.6) is 0 Å². The summed E-state index contributed by atoms with van der Waals surface area (Å²) in [6.07, 6.45) is 8.72. The van der Waals surface area contributed by atoms with Crippen LogP contribution in [-0.4, -0.2) is 38.1 Å². The lowest BCUT2D eigenvalue weighted by atomic mass is 9.83. The lowest BCUT2D eigenvalue weighted by Gasteiger charge is -2.30. The molecule has 0 amide bonds. The van der Waals surface area contributed by atoms with Gasteiger partial charge in [-0.3, -0.25) is 0 Å². The van der Waals surface area contributed by atoms with Crippen LogP contribution in [0.2, 0.25) is 0 Å². The van der Waals surface area contributed by atoms with Crippen LogP contribution in [0.3, 0.4) is 0 Å². The van der Waals surface area contributed by atoms with Crippen molar-refractivity contribution < 1.29 is 0 Å². The molecule has 1 aliphatic heterocycles. The smallest absolute Gasteiger partial charge is 0.00187 e. The highest BCUT2D eigenvalue weighted by atomic mass is 15.1. The Morgan fingerprint density at radius 3 is 2.60 bits per heavy atom. The maximum atomic E-state index is 3.65. The summed E-state index contributed by atoms with van der Waals surface area (Å²) >= 11 is 0. The van der Waals surface area contributed by atoms with Crippen LogP contribution in [0.4, 0.5) is 0 Å². The van der Waals surface area contributed by atoms with E-state index in [0.717, 1.165) is 11.8 Å². The van der Waals surface area contributed by atoms with E-state index in [2.05, 4.69) is 17.3 Å². The molecule has 1 saturated carbocycles. The second-order valence-electron chi connectivity index (χ2n) is 5.56. The molecule has 15 heavy (non-hydrogen) atoms. The molecule has 1 aliphatic carbocycles. The summed E-state index contributed by atoms with van der Waals surface area (Å²) in [6.45, 7) is 5.11. The van der Waals surface area contributed by atoms with E-state index in [1.165, 1.54) is 64.7 Å². The fourth-order valence-electron chi connectivity index (χ4n) is 2.83. The van der Waals surface area contributed by atoms with Crippen LogP contribution in [0.15, 0.2) is 0 Å². The van der Waals surface area contributed by atoms with Crippen LogP contribution in [0.1, 0.15) is 38.5 Å². The Labute approximate surface area is 94.4 Å². The minimum Gasteiger partial charge on any atom is -0.316 e. The van der Waals surface area contributed by atoms with Crippen LogP contribution in [-0.2, 0) is 0 Å². The standard InChI is InChI=1S/C13H26N2/c1-15-9-3-6-13(11-15)10-14-8-7-12-4-2-5-12/h12-14H,2-11H2,1H3. The molecule has 0 aromatic carbocycles. The van der Waals surface area contributed by atoms with Crippen molar-refractivity contribution >= 4 is 0 Å². The average molecular weight is 210 g/mol. The topological polar surface area (TPSA) is 15.3 Å². The van der Waals surface area contributed by atoms with Gasteiger partial charge in [0.15, 0.2) is 0 Å². The maximum absolute atomic E-state index is 3.65. The Hall–Kier alpha value is -0.0800. The molecule has 1 heterocycles. The fraction of sp³-hybridized carbons (Fsp3) is 1.00. The third kappa shape index (κ3) is 3.76. The molecule has 0 bridgehead atoms. The van der Waals surface area contributed by atoms with Gasteiger partial charge in [0.25, 0.3) is 0 Å². The second kappa shape index (κ2) is 5.86. The molecule has 2 nitrogen and oxygen atoms in total. The number of hydrogen-bond donors (Lipinski definition) is 1. The summed E-state index contributed by atoms with van der Waals surface area (Å²) in [4.78, 5) is 2.47. The van der Waals surface area contributed by atoms with Gasteiger partial charge in [-0.05, 0) is 57.8 Å². The molecule has 0 radical (unpaired) electrons. The van der Waals surface area contributed by atoms with E-state index in [1.807, 2.05) is 0 Å². The first-order valence-electron chi connectivity index (χ1n) is 6.74. The summed E-state index contributed by atoms with van der Waals surface area (Å²) in [5.74, 6) is 1.97. The van der Waals surface area contributed by atoms with Crippen LogP contribution in [0, 0.1) is 11.8 Å². The van der Waals surface area contributed by atoms with Crippen molar-refractivity contribution in [3.63, 3.8) is 0 Å². The van der Waals surface area contributed by atoms with Crippen molar-refractivity contribution in [1.29, 1.82) is 0 Å². The molecule has 0 spiro atoms. The van der Waals surface area contributed by atoms with Crippen molar-refractivity contribution in [3.8, 4) is 0 Å². The summed E-state index contributed by atoms with van der Waals surface area (Å²) in [6, 6.07) is 0. The van der Waals surface area contributed by atoms with Crippen molar-refractivity contribution in [2.24, 2.45) is 11.8 Å². The van der Waals surface area contributed by atoms with Gasteiger partial charge in [-0.1, -0.05) is 19.3 Å². The highest BCUT2D eigenvalue weighted by molar-refractivity contribution is 4.74. The van der Waals surface area contributed by atoms with Gasteiger partial charge in [0.05, 0.1) is 0 Å². The number of hydrogen-bond acceptors (Lipinski definition) is 2. The molecule has 1 saturated heterocycles. The largest absolute Gasteiger partial charge is 0.316 e. The highest BCUT2D eigenvalue weighted by Crippen LogP contribution is 2.28. The summed E-state index contributed by atoms with van der Waals surface area (Å²) < 4.78 is 0. The zero-order valence-corrected chi connectivity index (χ0v) is 10.2. The molecule has 2 rings (SSSR count). The van der Waals surface area contributed by atoms with Gasteiger partial charge in [0, 0.05) is 6.54 Å². The SMILES string of the molecule is CN1CCCC(CNCCC2CCC2)C1. The van der Waals surface area contributed by atoms with Crippen LogP contribution >= 0.6 is 0 Å². The minimum absolute atomic E-state index is 0.908. The number of piperidine rings is 1. The molecule has 0 aromatic heterocycles. The zero-order valence-electron chi connectivity index (χ0n) is 10.2. The fourth-order valence-corrected chi connectivity index (χ4v) is 2.83. The van der Waals surface area contributed by atoms with Gasteiger partial charge in [-0.2, -0.15) is 0 Å². The first kappa shape index (κ1) is 11.4. The quantitative estimate of drug-likeness (QED) is 0.699. The Morgan fingerprint density at radius 2 is 1.93 bits per heavy atom. The Kier molecular flexibility index (Phi) is 4.45. The normalized spacial score (nSPS) is 29.0. The monoisotopic (exact) mass is 210 g/mol. The molecular formula is C13H26N2. The zero-order chi connectivity index (χ0) is 10.5. The van der Waals surface area contributed by atoms with E-state index in [4.69, 9.17) is 0 Å². The summed E-state index contributed by atoms with van der Waals surface area (Å²) in [7, 11) is 2.25. The van der Waals surface area contributed by atoms with Crippen molar-refractivity contribution in [2.75, 3.05) is 33.2 Å². The maximum Gasteiger partial charge on any atom is 0.00187 e. The van der Waals surface area contributed by atoms with Crippen molar-refractivity contribution in [1.82, 2.24) is 10.2 Å². The van der Waals surface area contributed by atoms with Gasteiger partial charge >= 0.3 is 0 Å². The number of nitrogens with one attached hydrogen (secondary N) is 1. The predicted octanol–water partition coefficient (Wildman–Crippen LogP) is 2.11. The van der Waals surface area contributed by atoms with Crippen LogP contribution in [0.25, 0.3) is 0 Å². The summed E-state index contributed by atoms with van der Waals surface area (Å²) in [5.41, 5.74) is 0. The van der Waals surface area contributed by atoms with Crippen molar-refractivity contribution in [3.05, 3.63) is 0 Å². The van der Waals surface area contributed by atoms with E-state index < -0.39 is 0 Å². The first-order chi connectivity index (χ1) is 7.34. The molecule has 1 unspecified atom stereocenters. The molecule has 2 fully saturated rings. The molecule has 1 atom stereocenters. The van der Waals surface area contributed by atoms with Gasteiger partial charge in [-0.25, -0.2) is 0 Å². The van der Waals surface area contributed by atoms with Gasteiger partial charge in [0.2, 0.25) is 0 Å². The predicted molar refractivity (Wildman–Crippen MR) is 65.0 cm³/mol. The van der Waals surface area contributed by atoms with Crippen molar-refractivity contribution in [2.45, 2.75) is 38.5 Å². The molecule has 1 N–H and O–H groups in total. The molecule has 2 aliphatic rings. The highest BCUT2D eigenvalue weighted by Gasteiger charge is 2.18. The molecule has 88 valence electrons. The van der Waals surface area contributed by atoms with E-state index in [9.17, 15) is 0 Å². The Bertz CT molecular complexity index is 177. The molecule has 0 aromatic rings. The second-order valence-corrected chi connectivity index (χ2v) is 5.56. The van der Waals surface area contributed by atoms with Gasteiger partial charge < -0.3 is 10.2 Å². The third-order valence-electron chi connectivity index (χ3n) is 4.11. The summed E-state index contributed by atoms with van der Waals surface area (Å²) in [5, 5.41) is 3.65. The van der Waals surface area contributed by atoms with Gasteiger partial charge in [0.1, 0.15) is 0 Å².